The topological polar surface area (TPSA) is 9.23 Å². The number of alkyl halides is 2. The summed E-state index contributed by atoms with van der Waals surface area (Å²) in [5.41, 5.74) is 0. The first-order chi connectivity index (χ1) is 5.06. The number of allylic oxidation sites excluding steroid dienone is 3. The zero-order valence-corrected chi connectivity index (χ0v) is 8.82. The minimum absolute atomic E-state index is 0.0533. The van der Waals surface area contributed by atoms with Crippen molar-refractivity contribution in [2.24, 2.45) is 0 Å². The summed E-state index contributed by atoms with van der Waals surface area (Å²) in [7, 11) is 1.64. The van der Waals surface area contributed by atoms with Crippen LogP contribution in [-0.2, 0) is 4.74 Å². The Morgan fingerprint density at radius 1 is 1.73 bits per heavy atom. The Morgan fingerprint density at radius 2 is 2.36 bits per heavy atom. The van der Waals surface area contributed by atoms with Gasteiger partial charge in [0.15, 0.2) is 0 Å². The standard InChI is InChI=1S/C8H10BrClO/c1-8(9)4-3-6(11-2)5-7(8)10/h3-5,7H,1-2H3. The van der Waals surface area contributed by atoms with E-state index in [9.17, 15) is 0 Å². The summed E-state index contributed by atoms with van der Waals surface area (Å²) >= 11 is 9.52. The molecular formula is C8H10BrClO. The Morgan fingerprint density at radius 3 is 2.82 bits per heavy atom. The van der Waals surface area contributed by atoms with Crippen LogP contribution in [0.3, 0.4) is 0 Å². The summed E-state index contributed by atoms with van der Waals surface area (Å²) in [6.45, 7) is 2.02. The molecule has 0 spiro atoms. The summed E-state index contributed by atoms with van der Waals surface area (Å²) in [5.74, 6) is 0.821. The molecule has 2 unspecified atom stereocenters. The van der Waals surface area contributed by atoms with E-state index >= 15 is 0 Å². The van der Waals surface area contributed by atoms with E-state index in [0.717, 1.165) is 5.76 Å². The average Bonchev–Trinajstić information content (AvgIpc) is 1.95. The molecular weight excluding hydrogens is 227 g/mol. The molecule has 0 bridgehead atoms. The lowest BCUT2D eigenvalue weighted by Gasteiger charge is -2.25. The zero-order chi connectivity index (χ0) is 8.48. The maximum Gasteiger partial charge on any atom is 0.116 e. The highest BCUT2D eigenvalue weighted by molar-refractivity contribution is 9.10. The molecule has 1 nitrogen and oxygen atoms in total. The Bertz CT molecular complexity index is 208. The van der Waals surface area contributed by atoms with Gasteiger partial charge in [0.2, 0.25) is 0 Å². The molecule has 1 aliphatic rings. The molecule has 0 aromatic rings. The first kappa shape index (κ1) is 9.14. The van der Waals surface area contributed by atoms with E-state index in [2.05, 4.69) is 15.9 Å². The van der Waals surface area contributed by atoms with E-state index < -0.39 is 0 Å². The van der Waals surface area contributed by atoms with Crippen LogP contribution in [0.5, 0.6) is 0 Å². The first-order valence-corrected chi connectivity index (χ1v) is 4.57. The van der Waals surface area contributed by atoms with Crippen LogP contribution in [0.4, 0.5) is 0 Å². The largest absolute Gasteiger partial charge is 0.497 e. The molecule has 0 aliphatic heterocycles. The smallest absolute Gasteiger partial charge is 0.116 e. The van der Waals surface area contributed by atoms with Crippen molar-refractivity contribution in [3.63, 3.8) is 0 Å². The van der Waals surface area contributed by atoms with Crippen molar-refractivity contribution in [1.29, 1.82) is 0 Å². The van der Waals surface area contributed by atoms with Crippen LogP contribution in [0.15, 0.2) is 24.0 Å². The Kier molecular flexibility index (Phi) is 2.66. The summed E-state index contributed by atoms with van der Waals surface area (Å²) in [4.78, 5) is 0. The number of rotatable bonds is 1. The normalized spacial score (nSPS) is 36.7. The number of ether oxygens (including phenoxy) is 1. The number of hydrogen-bond acceptors (Lipinski definition) is 1. The second-order valence-electron chi connectivity index (χ2n) is 2.66. The molecule has 11 heavy (non-hydrogen) atoms. The van der Waals surface area contributed by atoms with E-state index in [-0.39, 0.29) is 9.70 Å². The van der Waals surface area contributed by atoms with E-state index in [1.807, 2.05) is 25.2 Å². The van der Waals surface area contributed by atoms with Gasteiger partial charge in [-0.2, -0.15) is 0 Å². The van der Waals surface area contributed by atoms with Crippen molar-refractivity contribution < 1.29 is 4.74 Å². The van der Waals surface area contributed by atoms with E-state index in [1.54, 1.807) is 7.11 Å². The highest BCUT2D eigenvalue weighted by Gasteiger charge is 2.28. The van der Waals surface area contributed by atoms with Gasteiger partial charge in [-0.05, 0) is 19.1 Å². The van der Waals surface area contributed by atoms with Gasteiger partial charge in [-0.1, -0.05) is 22.0 Å². The summed E-state index contributed by atoms with van der Waals surface area (Å²) < 4.78 is 4.88. The molecule has 2 atom stereocenters. The minimum Gasteiger partial charge on any atom is -0.497 e. The molecule has 0 amide bonds. The van der Waals surface area contributed by atoms with Crippen LogP contribution < -0.4 is 0 Å². The fourth-order valence-corrected chi connectivity index (χ4v) is 1.30. The van der Waals surface area contributed by atoms with Crippen LogP contribution in [0, 0.1) is 0 Å². The minimum atomic E-state index is -0.142. The van der Waals surface area contributed by atoms with Crippen LogP contribution in [0.2, 0.25) is 0 Å². The van der Waals surface area contributed by atoms with Crippen LogP contribution >= 0.6 is 27.5 Å². The molecule has 0 radical (unpaired) electrons. The molecule has 3 heteroatoms. The highest BCUT2D eigenvalue weighted by atomic mass is 79.9. The van der Waals surface area contributed by atoms with Gasteiger partial charge in [0.05, 0.1) is 16.8 Å². The van der Waals surface area contributed by atoms with E-state index in [0.29, 0.717) is 0 Å². The SMILES string of the molecule is COC1=CC(Cl)C(C)(Br)C=C1. The van der Waals surface area contributed by atoms with Gasteiger partial charge in [-0.3, -0.25) is 0 Å². The molecule has 0 saturated heterocycles. The third kappa shape index (κ3) is 2.00. The van der Waals surface area contributed by atoms with E-state index in [1.165, 1.54) is 0 Å². The summed E-state index contributed by atoms with van der Waals surface area (Å²) in [6, 6.07) is 0. The van der Waals surface area contributed by atoms with Crippen molar-refractivity contribution in [2.75, 3.05) is 7.11 Å². The molecule has 0 heterocycles. The molecule has 0 aromatic carbocycles. The van der Waals surface area contributed by atoms with Gasteiger partial charge in [-0.15, -0.1) is 11.6 Å². The fraction of sp³-hybridized carbons (Fsp3) is 0.500. The van der Waals surface area contributed by atoms with Gasteiger partial charge in [0.1, 0.15) is 5.76 Å². The lowest BCUT2D eigenvalue weighted by Crippen LogP contribution is -2.27. The predicted molar refractivity (Wildman–Crippen MR) is 51.2 cm³/mol. The van der Waals surface area contributed by atoms with E-state index in [4.69, 9.17) is 16.3 Å². The van der Waals surface area contributed by atoms with Crippen LogP contribution in [-0.4, -0.2) is 16.8 Å². The molecule has 0 N–H and O–H groups in total. The molecule has 0 aromatic heterocycles. The highest BCUT2D eigenvalue weighted by Crippen LogP contribution is 2.33. The van der Waals surface area contributed by atoms with Crippen LogP contribution in [0.1, 0.15) is 6.92 Å². The second-order valence-corrected chi connectivity index (χ2v) is 4.84. The number of halogens is 2. The quantitative estimate of drug-likeness (QED) is 0.637. The van der Waals surface area contributed by atoms with Crippen molar-refractivity contribution >= 4 is 27.5 Å². The Hall–Kier alpha value is 0.0500. The molecule has 0 saturated carbocycles. The van der Waals surface area contributed by atoms with Gasteiger partial charge >= 0.3 is 0 Å². The number of hydrogen-bond donors (Lipinski definition) is 0. The van der Waals surface area contributed by atoms with Crippen molar-refractivity contribution in [1.82, 2.24) is 0 Å². The fourth-order valence-electron chi connectivity index (χ4n) is 0.836. The van der Waals surface area contributed by atoms with Crippen molar-refractivity contribution in [3.05, 3.63) is 24.0 Å². The Balaban J connectivity index is 2.80. The molecule has 62 valence electrons. The molecule has 1 aliphatic carbocycles. The van der Waals surface area contributed by atoms with Gasteiger partial charge in [0.25, 0.3) is 0 Å². The lowest BCUT2D eigenvalue weighted by atomic mass is 10.0. The average molecular weight is 238 g/mol. The molecule has 0 fully saturated rings. The van der Waals surface area contributed by atoms with Gasteiger partial charge in [0, 0.05) is 0 Å². The lowest BCUT2D eigenvalue weighted by molar-refractivity contribution is 0.303. The number of methoxy groups -OCH3 is 1. The molecule has 1 rings (SSSR count). The predicted octanol–water partition coefficient (Wildman–Crippen LogP) is 2.85. The van der Waals surface area contributed by atoms with Crippen molar-refractivity contribution in [2.45, 2.75) is 16.6 Å². The Labute approximate surface area is 80.2 Å². The maximum atomic E-state index is 6.03. The van der Waals surface area contributed by atoms with Crippen molar-refractivity contribution in [3.8, 4) is 0 Å². The monoisotopic (exact) mass is 236 g/mol. The maximum absolute atomic E-state index is 6.03. The second kappa shape index (κ2) is 3.20. The van der Waals surface area contributed by atoms with Gasteiger partial charge < -0.3 is 4.74 Å². The summed E-state index contributed by atoms with van der Waals surface area (Å²) in [5, 5.41) is -0.0533. The van der Waals surface area contributed by atoms with Crippen LogP contribution in [0.25, 0.3) is 0 Å². The third-order valence-electron chi connectivity index (χ3n) is 1.66. The first-order valence-electron chi connectivity index (χ1n) is 3.34. The summed E-state index contributed by atoms with van der Waals surface area (Å²) in [6.07, 6.45) is 5.79. The van der Waals surface area contributed by atoms with Gasteiger partial charge in [-0.25, -0.2) is 0 Å². The zero-order valence-electron chi connectivity index (χ0n) is 6.47. The third-order valence-corrected chi connectivity index (χ3v) is 3.26.